The highest BCUT2D eigenvalue weighted by molar-refractivity contribution is 5.95. The lowest BCUT2D eigenvalue weighted by atomic mass is 9.98. The number of anilines is 1. The first-order chi connectivity index (χ1) is 18.2. The molecule has 2 saturated heterocycles. The lowest BCUT2D eigenvalue weighted by molar-refractivity contribution is -0.117. The molecule has 2 fully saturated rings. The third-order valence-corrected chi connectivity index (χ3v) is 8.04. The first-order valence-corrected chi connectivity index (χ1v) is 13.4. The Kier molecular flexibility index (Phi) is 5.64. The van der Waals surface area contributed by atoms with Crippen LogP contribution in [0.4, 0.5) is 5.69 Å². The van der Waals surface area contributed by atoms with Crippen molar-refractivity contribution < 1.29 is 4.79 Å². The summed E-state index contributed by atoms with van der Waals surface area (Å²) in [6.45, 7) is 1.99. The van der Waals surface area contributed by atoms with E-state index in [4.69, 9.17) is 0 Å². The molecule has 1 aliphatic carbocycles. The maximum absolute atomic E-state index is 12.5. The number of aromatic amines is 1. The van der Waals surface area contributed by atoms with E-state index >= 15 is 0 Å². The molecule has 186 valence electrons. The van der Waals surface area contributed by atoms with Crippen molar-refractivity contribution in [2.45, 2.75) is 44.2 Å². The van der Waals surface area contributed by atoms with Gasteiger partial charge in [-0.2, -0.15) is 0 Å². The predicted molar refractivity (Wildman–Crippen MR) is 147 cm³/mol. The van der Waals surface area contributed by atoms with Crippen LogP contribution in [-0.2, 0) is 11.2 Å². The third kappa shape index (κ3) is 4.26. The Balaban J connectivity index is 1.07. The molecule has 2 unspecified atom stereocenters. The topological polar surface area (TPSA) is 81.8 Å². The molecular weight excluding hydrogens is 458 g/mol. The van der Waals surface area contributed by atoms with Gasteiger partial charge in [0.25, 0.3) is 0 Å². The molecule has 1 amide bonds. The molecule has 1 aromatic heterocycles. The van der Waals surface area contributed by atoms with E-state index in [-0.39, 0.29) is 11.9 Å². The molecule has 4 N–H and O–H groups in total. The summed E-state index contributed by atoms with van der Waals surface area (Å²) in [6, 6.07) is 22.1. The monoisotopic (exact) mass is 489 g/mol. The van der Waals surface area contributed by atoms with E-state index in [0.29, 0.717) is 6.04 Å². The van der Waals surface area contributed by atoms with Crippen LogP contribution in [0.3, 0.4) is 0 Å². The molecule has 6 nitrogen and oxygen atoms in total. The van der Waals surface area contributed by atoms with E-state index < -0.39 is 0 Å². The second-order valence-corrected chi connectivity index (χ2v) is 10.5. The van der Waals surface area contributed by atoms with Gasteiger partial charge in [-0.1, -0.05) is 48.5 Å². The predicted octanol–water partition coefficient (Wildman–Crippen LogP) is 5.43. The Bertz CT molecular complexity index is 1460. The molecule has 2 aliphatic heterocycles. The summed E-state index contributed by atoms with van der Waals surface area (Å²) >= 11 is 0. The minimum Gasteiger partial charge on any atom is -0.341 e. The fraction of sp³-hybridized carbons (Fsp3) is 0.290. The van der Waals surface area contributed by atoms with Crippen LogP contribution in [-0.4, -0.2) is 35.0 Å². The average molecular weight is 490 g/mol. The van der Waals surface area contributed by atoms with Gasteiger partial charge in [0.15, 0.2) is 0 Å². The first kappa shape index (κ1) is 22.5. The van der Waals surface area contributed by atoms with Crippen molar-refractivity contribution in [1.82, 2.24) is 20.6 Å². The number of nitrogens with zero attached hydrogens (tertiary/aromatic N) is 1. The Morgan fingerprint density at radius 3 is 2.32 bits per heavy atom. The van der Waals surface area contributed by atoms with Gasteiger partial charge in [0.05, 0.1) is 24.0 Å². The molecule has 6 heteroatoms. The number of hydrogen-bond donors (Lipinski definition) is 4. The summed E-state index contributed by atoms with van der Waals surface area (Å²) in [6.07, 6.45) is 7.14. The van der Waals surface area contributed by atoms with Crippen LogP contribution in [0.1, 0.15) is 48.7 Å². The van der Waals surface area contributed by atoms with Crippen molar-refractivity contribution in [3.63, 3.8) is 0 Å². The van der Waals surface area contributed by atoms with Gasteiger partial charge in [0, 0.05) is 5.69 Å². The fourth-order valence-electron chi connectivity index (χ4n) is 6.03. The Hall–Kier alpha value is -3.74. The summed E-state index contributed by atoms with van der Waals surface area (Å²) < 4.78 is 0. The number of rotatable bonds is 5. The van der Waals surface area contributed by atoms with Crippen molar-refractivity contribution in [2.75, 3.05) is 18.4 Å². The van der Waals surface area contributed by atoms with E-state index in [1.807, 2.05) is 12.3 Å². The highest BCUT2D eigenvalue weighted by Gasteiger charge is 2.24. The molecule has 4 aromatic rings. The molecule has 0 radical (unpaired) electrons. The van der Waals surface area contributed by atoms with Crippen molar-refractivity contribution in [2.24, 2.45) is 0 Å². The molecule has 3 aromatic carbocycles. The largest absolute Gasteiger partial charge is 0.341 e. The Labute approximate surface area is 216 Å². The molecule has 37 heavy (non-hydrogen) atoms. The van der Waals surface area contributed by atoms with Crippen LogP contribution in [0, 0.1) is 0 Å². The van der Waals surface area contributed by atoms with Gasteiger partial charge in [-0.25, -0.2) is 4.98 Å². The summed E-state index contributed by atoms with van der Waals surface area (Å²) in [4.78, 5) is 20.6. The standard InChI is InChI=1S/C31H31N5O/c37-31(28-4-2-14-33-28)35-24-10-12-26-23(17-24)16-22-15-21(9-11-25(22)26)19-5-7-20(8-6-19)29-18-34-30(36-29)27-3-1-13-32-27/h5-12,15,17-18,27-28,32-33H,1-4,13-14,16H2,(H,34,36)(H,35,37). The Morgan fingerprint density at radius 2 is 1.54 bits per heavy atom. The normalized spacial score (nSPS) is 20.1. The van der Waals surface area contributed by atoms with Crippen LogP contribution in [0.25, 0.3) is 33.5 Å². The van der Waals surface area contributed by atoms with Crippen molar-refractivity contribution in [1.29, 1.82) is 0 Å². The highest BCUT2D eigenvalue weighted by Crippen LogP contribution is 2.40. The highest BCUT2D eigenvalue weighted by atomic mass is 16.2. The summed E-state index contributed by atoms with van der Waals surface area (Å²) in [7, 11) is 0. The van der Waals surface area contributed by atoms with E-state index in [1.54, 1.807) is 0 Å². The number of carbonyl (C=O) groups excluding carboxylic acids is 1. The zero-order chi connectivity index (χ0) is 24.8. The van der Waals surface area contributed by atoms with Crippen LogP contribution in [0.5, 0.6) is 0 Å². The molecule has 0 spiro atoms. The second kappa shape index (κ2) is 9.29. The van der Waals surface area contributed by atoms with E-state index in [0.717, 1.165) is 61.5 Å². The zero-order valence-electron chi connectivity index (χ0n) is 20.8. The lowest BCUT2D eigenvalue weighted by Crippen LogP contribution is -2.35. The molecule has 0 saturated carbocycles. The van der Waals surface area contributed by atoms with Gasteiger partial charge in [0.1, 0.15) is 5.82 Å². The van der Waals surface area contributed by atoms with Crippen LogP contribution >= 0.6 is 0 Å². The van der Waals surface area contributed by atoms with Gasteiger partial charge in [-0.15, -0.1) is 0 Å². The number of benzene rings is 3. The maximum Gasteiger partial charge on any atom is 0.241 e. The Morgan fingerprint density at radius 1 is 0.811 bits per heavy atom. The van der Waals surface area contributed by atoms with E-state index in [1.165, 1.54) is 39.8 Å². The number of amides is 1. The van der Waals surface area contributed by atoms with Crippen LogP contribution < -0.4 is 16.0 Å². The number of aromatic nitrogens is 2. The smallest absolute Gasteiger partial charge is 0.241 e. The first-order valence-electron chi connectivity index (χ1n) is 13.4. The zero-order valence-corrected chi connectivity index (χ0v) is 20.8. The van der Waals surface area contributed by atoms with Gasteiger partial charge in [-0.3, -0.25) is 4.79 Å². The summed E-state index contributed by atoms with van der Waals surface area (Å²) in [5.74, 6) is 1.10. The van der Waals surface area contributed by atoms with Crippen molar-refractivity contribution in [3.8, 4) is 33.5 Å². The molecule has 3 aliphatic rings. The quantitative estimate of drug-likeness (QED) is 0.265. The van der Waals surface area contributed by atoms with Gasteiger partial charge in [0.2, 0.25) is 5.91 Å². The fourth-order valence-corrected chi connectivity index (χ4v) is 6.03. The number of H-pyrrole nitrogens is 1. The number of carbonyl (C=O) groups is 1. The average Bonchev–Trinajstić information content (AvgIpc) is 3.74. The second-order valence-electron chi connectivity index (χ2n) is 10.5. The third-order valence-electron chi connectivity index (χ3n) is 8.04. The minimum atomic E-state index is -0.0704. The van der Waals surface area contributed by atoms with E-state index in [9.17, 15) is 4.79 Å². The lowest BCUT2D eigenvalue weighted by Gasteiger charge is -2.12. The SMILES string of the molecule is O=C(Nc1ccc2c(c1)Cc1cc(-c3ccc(-c4cnc(C5CCCN5)[nH]4)cc3)ccc1-2)C1CCCN1. The summed E-state index contributed by atoms with van der Waals surface area (Å²) in [5, 5.41) is 9.88. The van der Waals surface area contributed by atoms with Crippen molar-refractivity contribution >= 4 is 11.6 Å². The summed E-state index contributed by atoms with van der Waals surface area (Å²) in [5.41, 5.74) is 10.7. The number of nitrogens with one attached hydrogen (secondary N) is 4. The number of fused-ring (bicyclic) bond motifs is 3. The molecule has 7 rings (SSSR count). The van der Waals surface area contributed by atoms with Gasteiger partial charge < -0.3 is 20.9 Å². The van der Waals surface area contributed by atoms with Crippen LogP contribution in [0.2, 0.25) is 0 Å². The molecule has 2 atom stereocenters. The van der Waals surface area contributed by atoms with Gasteiger partial charge in [-0.05, 0) is 96.3 Å². The number of imidazole rings is 1. The van der Waals surface area contributed by atoms with Gasteiger partial charge >= 0.3 is 0 Å². The van der Waals surface area contributed by atoms with E-state index in [2.05, 4.69) is 80.5 Å². The molecule has 0 bridgehead atoms. The molecular formula is C31H31N5O. The maximum atomic E-state index is 12.5. The van der Waals surface area contributed by atoms with Crippen molar-refractivity contribution in [3.05, 3.63) is 83.8 Å². The van der Waals surface area contributed by atoms with Crippen LogP contribution in [0.15, 0.2) is 66.9 Å². The molecule has 3 heterocycles. The number of hydrogen-bond acceptors (Lipinski definition) is 4. The minimum absolute atomic E-state index is 0.0697.